The summed E-state index contributed by atoms with van der Waals surface area (Å²) >= 11 is 0. The molecule has 0 radical (unpaired) electrons. The molecular weight excluding hydrogens is 484 g/mol. The zero-order valence-corrected chi connectivity index (χ0v) is 21.5. The smallest absolute Gasteiger partial charge is 0.234 e. The summed E-state index contributed by atoms with van der Waals surface area (Å²) in [5.74, 6) is -3.53. The first-order valence-corrected chi connectivity index (χ1v) is 12.6. The standard InChI is InChI=1S/C31H29F2N3O2/c1-18-28(31(38)35-25-14-11-22(32)17-24(25)33)29(20-9-12-23(13-10-20)36(2)3)30-26(34-18)15-21(16-27(30)37)19-7-5-4-6-8-19/h4-14,17,21,28-29H,15-16H2,1-3H3,(H,35,38)/t21-,28?,29+/m1/s1. The Morgan fingerprint density at radius 2 is 1.66 bits per heavy atom. The second-order valence-electron chi connectivity index (χ2n) is 10.1. The number of aliphatic imine (C=N–C) groups is 1. The van der Waals surface area contributed by atoms with E-state index in [4.69, 9.17) is 4.99 Å². The second kappa shape index (κ2) is 10.3. The number of amides is 1. The maximum Gasteiger partial charge on any atom is 0.234 e. The molecule has 0 fully saturated rings. The van der Waals surface area contributed by atoms with E-state index in [1.54, 1.807) is 6.92 Å². The van der Waals surface area contributed by atoms with Gasteiger partial charge < -0.3 is 10.2 Å². The van der Waals surface area contributed by atoms with Crippen LogP contribution in [0.15, 0.2) is 89.1 Å². The van der Waals surface area contributed by atoms with Crippen LogP contribution in [-0.2, 0) is 9.59 Å². The lowest BCUT2D eigenvalue weighted by Gasteiger charge is -2.37. The first kappa shape index (κ1) is 25.5. The second-order valence-corrected chi connectivity index (χ2v) is 10.1. The third-order valence-corrected chi connectivity index (χ3v) is 7.40. The van der Waals surface area contributed by atoms with Crippen LogP contribution in [0.5, 0.6) is 0 Å². The quantitative estimate of drug-likeness (QED) is 0.439. The first-order chi connectivity index (χ1) is 18.2. The van der Waals surface area contributed by atoms with Crippen molar-refractivity contribution in [2.45, 2.75) is 31.6 Å². The van der Waals surface area contributed by atoms with Crippen LogP contribution >= 0.6 is 0 Å². The van der Waals surface area contributed by atoms with E-state index in [0.29, 0.717) is 29.8 Å². The van der Waals surface area contributed by atoms with E-state index < -0.39 is 29.4 Å². The molecule has 1 unspecified atom stereocenters. The van der Waals surface area contributed by atoms with Crippen LogP contribution in [0.4, 0.5) is 20.2 Å². The molecule has 2 aliphatic rings. The Hall–Kier alpha value is -4.13. The number of nitrogens with zero attached hydrogens (tertiary/aromatic N) is 2. The SMILES string of the molecule is CC1=NC2=C(C(=O)C[C@H](c3ccccc3)C2)[C@@H](c2ccc(N(C)C)cc2)C1C(=O)Nc1ccc(F)cc1F. The number of anilines is 2. The van der Waals surface area contributed by atoms with Gasteiger partial charge >= 0.3 is 0 Å². The normalized spacial score (nSPS) is 21.0. The number of rotatable bonds is 5. The fraction of sp³-hybridized carbons (Fsp3) is 0.258. The third-order valence-electron chi connectivity index (χ3n) is 7.40. The van der Waals surface area contributed by atoms with Crippen LogP contribution in [0.1, 0.15) is 42.7 Å². The van der Waals surface area contributed by atoms with Crippen molar-refractivity contribution in [1.29, 1.82) is 0 Å². The summed E-state index contributed by atoms with van der Waals surface area (Å²) in [6.45, 7) is 1.77. The Morgan fingerprint density at radius 3 is 2.32 bits per heavy atom. The van der Waals surface area contributed by atoms with Gasteiger partial charge in [-0.3, -0.25) is 14.6 Å². The van der Waals surface area contributed by atoms with Crippen LogP contribution in [0, 0.1) is 17.6 Å². The fourth-order valence-electron chi connectivity index (χ4n) is 5.50. The molecule has 3 atom stereocenters. The predicted molar refractivity (Wildman–Crippen MR) is 146 cm³/mol. The molecule has 0 saturated heterocycles. The van der Waals surface area contributed by atoms with E-state index in [9.17, 15) is 18.4 Å². The summed E-state index contributed by atoms with van der Waals surface area (Å²) < 4.78 is 27.8. The number of Topliss-reactive ketones (excluding diaryl/α,β-unsaturated/α-hetero) is 1. The van der Waals surface area contributed by atoms with Crippen molar-refractivity contribution in [3.63, 3.8) is 0 Å². The lowest BCUT2D eigenvalue weighted by atomic mass is 9.69. The first-order valence-electron chi connectivity index (χ1n) is 12.6. The van der Waals surface area contributed by atoms with Gasteiger partial charge in [0.15, 0.2) is 5.78 Å². The molecule has 1 aliphatic heterocycles. The van der Waals surface area contributed by atoms with Crippen molar-refractivity contribution in [1.82, 2.24) is 0 Å². The molecule has 3 aromatic carbocycles. The Bertz CT molecular complexity index is 1450. The summed E-state index contributed by atoms with van der Waals surface area (Å²) in [7, 11) is 3.88. The minimum atomic E-state index is -0.866. The van der Waals surface area contributed by atoms with Crippen LogP contribution in [0.2, 0.25) is 0 Å². The van der Waals surface area contributed by atoms with E-state index >= 15 is 0 Å². The van der Waals surface area contributed by atoms with Gasteiger partial charge in [0.25, 0.3) is 0 Å². The molecule has 1 N–H and O–H groups in total. The molecule has 0 spiro atoms. The number of ketones is 1. The Kier molecular flexibility index (Phi) is 6.93. The van der Waals surface area contributed by atoms with Gasteiger partial charge in [-0.15, -0.1) is 0 Å². The largest absolute Gasteiger partial charge is 0.378 e. The zero-order valence-electron chi connectivity index (χ0n) is 21.5. The van der Waals surface area contributed by atoms with Crippen LogP contribution in [-0.4, -0.2) is 31.5 Å². The summed E-state index contributed by atoms with van der Waals surface area (Å²) in [5.41, 5.74) is 4.54. The molecule has 5 rings (SSSR count). The molecule has 0 aromatic heterocycles. The number of nitrogens with one attached hydrogen (secondary N) is 1. The maximum atomic E-state index is 14.4. The number of allylic oxidation sites excluding steroid dienone is 2. The fourth-order valence-corrected chi connectivity index (χ4v) is 5.50. The Morgan fingerprint density at radius 1 is 0.947 bits per heavy atom. The minimum absolute atomic E-state index is 0.00875. The summed E-state index contributed by atoms with van der Waals surface area (Å²) in [6, 6.07) is 20.7. The van der Waals surface area contributed by atoms with Crippen LogP contribution < -0.4 is 10.2 Å². The van der Waals surface area contributed by atoms with Crippen molar-refractivity contribution in [3.05, 3.63) is 107 Å². The summed E-state index contributed by atoms with van der Waals surface area (Å²) in [4.78, 5) is 34.1. The highest BCUT2D eigenvalue weighted by Crippen LogP contribution is 2.47. The van der Waals surface area contributed by atoms with Gasteiger partial charge in [-0.05, 0) is 54.7 Å². The Labute approximate surface area is 220 Å². The van der Waals surface area contributed by atoms with Gasteiger partial charge in [0.1, 0.15) is 11.6 Å². The average Bonchev–Trinajstić information content (AvgIpc) is 2.90. The van der Waals surface area contributed by atoms with Crippen molar-refractivity contribution in [2.75, 3.05) is 24.3 Å². The van der Waals surface area contributed by atoms with Crippen LogP contribution in [0.3, 0.4) is 0 Å². The van der Waals surface area contributed by atoms with Crippen molar-refractivity contribution >= 4 is 28.8 Å². The highest BCUT2D eigenvalue weighted by Gasteiger charge is 2.44. The van der Waals surface area contributed by atoms with Gasteiger partial charge in [-0.2, -0.15) is 0 Å². The van der Waals surface area contributed by atoms with Gasteiger partial charge in [0.05, 0.1) is 11.6 Å². The minimum Gasteiger partial charge on any atom is -0.378 e. The number of halogens is 2. The van der Waals surface area contributed by atoms with E-state index in [0.717, 1.165) is 28.9 Å². The number of hydrogen-bond acceptors (Lipinski definition) is 4. The lowest BCUT2D eigenvalue weighted by molar-refractivity contribution is -0.119. The molecule has 38 heavy (non-hydrogen) atoms. The number of benzene rings is 3. The van der Waals surface area contributed by atoms with E-state index in [1.165, 1.54) is 6.07 Å². The molecule has 1 amide bonds. The molecule has 194 valence electrons. The molecule has 7 heteroatoms. The topological polar surface area (TPSA) is 61.8 Å². The number of carbonyl (C=O) groups excluding carboxylic acids is 2. The van der Waals surface area contributed by atoms with Gasteiger partial charge in [0, 0.05) is 55.2 Å². The molecule has 1 aliphatic carbocycles. The molecule has 3 aromatic rings. The zero-order chi connectivity index (χ0) is 27.0. The Balaban J connectivity index is 1.56. The van der Waals surface area contributed by atoms with Gasteiger partial charge in [0.2, 0.25) is 5.91 Å². The van der Waals surface area contributed by atoms with Crippen LogP contribution in [0.25, 0.3) is 0 Å². The molecule has 0 bridgehead atoms. The molecule has 5 nitrogen and oxygen atoms in total. The van der Waals surface area contributed by atoms with Crippen molar-refractivity contribution < 1.29 is 18.4 Å². The van der Waals surface area contributed by atoms with Crippen molar-refractivity contribution in [2.24, 2.45) is 10.9 Å². The number of carbonyl (C=O) groups is 2. The van der Waals surface area contributed by atoms with Gasteiger partial charge in [-0.1, -0.05) is 42.5 Å². The summed E-state index contributed by atoms with van der Waals surface area (Å²) in [5, 5.41) is 2.61. The van der Waals surface area contributed by atoms with E-state index in [1.807, 2.05) is 73.6 Å². The monoisotopic (exact) mass is 513 g/mol. The highest BCUT2D eigenvalue weighted by atomic mass is 19.1. The molecular formula is C31H29F2N3O2. The van der Waals surface area contributed by atoms with E-state index in [-0.39, 0.29) is 17.4 Å². The molecule has 1 heterocycles. The van der Waals surface area contributed by atoms with Crippen molar-refractivity contribution in [3.8, 4) is 0 Å². The third kappa shape index (κ3) is 4.88. The van der Waals surface area contributed by atoms with Gasteiger partial charge in [-0.25, -0.2) is 8.78 Å². The predicted octanol–water partition coefficient (Wildman–Crippen LogP) is 6.24. The highest BCUT2D eigenvalue weighted by molar-refractivity contribution is 6.13. The molecule has 0 saturated carbocycles. The lowest BCUT2D eigenvalue weighted by Crippen LogP contribution is -2.40. The average molecular weight is 514 g/mol. The van der Waals surface area contributed by atoms with E-state index in [2.05, 4.69) is 5.32 Å². The maximum absolute atomic E-state index is 14.4. The summed E-state index contributed by atoms with van der Waals surface area (Å²) in [6.07, 6.45) is 0.917. The number of hydrogen-bond donors (Lipinski definition) is 1.